The molecule has 7 heteroatoms. The van der Waals surface area contributed by atoms with Gasteiger partial charge in [0, 0.05) is 5.56 Å². The van der Waals surface area contributed by atoms with Crippen LogP contribution in [0.25, 0.3) is 21.7 Å². The minimum absolute atomic E-state index is 0.233. The predicted molar refractivity (Wildman–Crippen MR) is 120 cm³/mol. The molecule has 0 aliphatic carbocycles. The molecule has 3 aromatic heterocycles. The number of carbonyl (C=O) groups is 2. The zero-order valence-corrected chi connectivity index (χ0v) is 18.8. The number of pyridine rings is 1. The smallest absolute Gasteiger partial charge is 0.339 e. The summed E-state index contributed by atoms with van der Waals surface area (Å²) in [6.07, 6.45) is 0. The first-order valence-corrected chi connectivity index (χ1v) is 10.7. The van der Waals surface area contributed by atoms with Crippen molar-refractivity contribution >= 4 is 34.2 Å². The van der Waals surface area contributed by atoms with Crippen LogP contribution >= 0.6 is 11.3 Å². The zero-order chi connectivity index (χ0) is 22.3. The third kappa shape index (κ3) is 3.77. The summed E-state index contributed by atoms with van der Waals surface area (Å²) in [5, 5.41) is 6.36. The maximum Gasteiger partial charge on any atom is 0.339 e. The highest BCUT2D eigenvalue weighted by Gasteiger charge is 2.22. The number of hydrogen-bond donors (Lipinski definition) is 0. The van der Waals surface area contributed by atoms with Gasteiger partial charge in [-0.1, -0.05) is 11.2 Å². The first kappa shape index (κ1) is 20.9. The number of fused-ring (bicyclic) bond motifs is 1. The molecule has 1 aromatic carbocycles. The van der Waals surface area contributed by atoms with Gasteiger partial charge < -0.3 is 9.26 Å². The van der Waals surface area contributed by atoms with E-state index < -0.39 is 5.97 Å². The first-order chi connectivity index (χ1) is 14.8. The lowest BCUT2D eigenvalue weighted by molar-refractivity contribution is 0.0476. The van der Waals surface area contributed by atoms with Crippen molar-refractivity contribution in [3.05, 3.63) is 68.7 Å². The Morgan fingerprint density at radius 2 is 1.81 bits per heavy atom. The minimum Gasteiger partial charge on any atom is -0.454 e. The second-order valence-corrected chi connectivity index (χ2v) is 8.54. The summed E-state index contributed by atoms with van der Waals surface area (Å²) in [5.41, 5.74) is 6.45. The summed E-state index contributed by atoms with van der Waals surface area (Å²) in [7, 11) is 0. The normalized spacial score (nSPS) is 11.1. The predicted octanol–water partition coefficient (Wildman–Crippen LogP) is 5.53. The third-order valence-corrected chi connectivity index (χ3v) is 6.62. The summed E-state index contributed by atoms with van der Waals surface area (Å²) in [6, 6.07) is 7.34. The van der Waals surface area contributed by atoms with Crippen molar-refractivity contribution in [3.63, 3.8) is 0 Å². The summed E-state index contributed by atoms with van der Waals surface area (Å²) in [6.45, 7) is 9.31. The molecule has 31 heavy (non-hydrogen) atoms. The van der Waals surface area contributed by atoms with Crippen LogP contribution in [0.15, 0.2) is 34.2 Å². The van der Waals surface area contributed by atoms with Gasteiger partial charge in [-0.05, 0) is 80.5 Å². The number of rotatable bonds is 5. The Hall–Kier alpha value is -3.32. The van der Waals surface area contributed by atoms with Crippen LogP contribution in [0.1, 0.15) is 48.7 Å². The monoisotopic (exact) mass is 434 g/mol. The fourth-order valence-electron chi connectivity index (χ4n) is 3.59. The van der Waals surface area contributed by atoms with Crippen molar-refractivity contribution in [2.75, 3.05) is 6.61 Å². The summed E-state index contributed by atoms with van der Waals surface area (Å²) >= 11 is 1.50. The topological polar surface area (TPSA) is 82.3 Å². The van der Waals surface area contributed by atoms with Crippen LogP contribution in [0.3, 0.4) is 0 Å². The summed E-state index contributed by atoms with van der Waals surface area (Å²) in [5.74, 6) is -0.842. The minimum atomic E-state index is -0.608. The molecule has 0 aliphatic rings. The number of Topliss-reactive ketones (excluding diaryl/α,β-unsaturated/α-hetero) is 1. The second kappa shape index (κ2) is 8.07. The average Bonchev–Trinajstić information content (AvgIpc) is 3.42. The zero-order valence-electron chi connectivity index (χ0n) is 18.0. The van der Waals surface area contributed by atoms with Crippen molar-refractivity contribution in [2.45, 2.75) is 34.6 Å². The quantitative estimate of drug-likeness (QED) is 0.303. The van der Waals surface area contributed by atoms with Crippen LogP contribution < -0.4 is 0 Å². The van der Waals surface area contributed by atoms with Gasteiger partial charge in [0.05, 0.1) is 27.2 Å². The van der Waals surface area contributed by atoms with E-state index in [2.05, 4.69) is 10.1 Å². The molecule has 0 amide bonds. The second-order valence-electron chi connectivity index (χ2n) is 7.60. The number of ether oxygens (including phenoxy) is 1. The molecule has 0 radical (unpaired) electrons. The molecule has 0 saturated carbocycles. The highest BCUT2D eigenvalue weighted by Crippen LogP contribution is 2.30. The SMILES string of the molecule is Cc1cc(C(=O)COC(=O)c2cc(-c3cccs3)nc3onc(C)c23)c(C)c(C)c1C. The standard InChI is InChI=1S/C24H22N2O4S/c1-12-9-17(15(4)14(3)13(12)2)20(27)11-29-24(28)18-10-19(21-7-6-8-31-21)25-23-22(18)16(5)26-30-23/h6-10H,11H2,1-5H3. The van der Waals surface area contributed by atoms with E-state index in [1.807, 2.05) is 51.3 Å². The number of ketones is 1. The molecule has 4 rings (SSSR count). The number of thiophene rings is 1. The Morgan fingerprint density at radius 1 is 1.03 bits per heavy atom. The molecular formula is C24H22N2O4S. The van der Waals surface area contributed by atoms with Crippen LogP contribution in [0, 0.1) is 34.6 Å². The van der Waals surface area contributed by atoms with Gasteiger partial charge in [-0.2, -0.15) is 0 Å². The van der Waals surface area contributed by atoms with E-state index in [1.165, 1.54) is 11.3 Å². The molecular weight excluding hydrogens is 412 g/mol. The third-order valence-electron chi connectivity index (χ3n) is 5.73. The number of aromatic nitrogens is 2. The van der Waals surface area contributed by atoms with Gasteiger partial charge in [-0.15, -0.1) is 11.3 Å². The summed E-state index contributed by atoms with van der Waals surface area (Å²) in [4.78, 5) is 31.2. The number of carbonyl (C=O) groups excluding carboxylic acids is 2. The molecule has 0 fully saturated rings. The van der Waals surface area contributed by atoms with Gasteiger partial charge in [0.25, 0.3) is 5.71 Å². The molecule has 0 atom stereocenters. The lowest BCUT2D eigenvalue weighted by atomic mass is 9.93. The van der Waals surface area contributed by atoms with E-state index in [1.54, 1.807) is 13.0 Å². The van der Waals surface area contributed by atoms with Crippen LogP contribution in [-0.2, 0) is 4.74 Å². The average molecular weight is 435 g/mol. The molecule has 0 aliphatic heterocycles. The van der Waals surface area contributed by atoms with Crippen molar-refractivity contribution in [3.8, 4) is 10.6 Å². The van der Waals surface area contributed by atoms with Crippen LogP contribution in [-0.4, -0.2) is 28.5 Å². The van der Waals surface area contributed by atoms with Crippen LogP contribution in [0.2, 0.25) is 0 Å². The van der Waals surface area contributed by atoms with E-state index in [0.717, 1.165) is 27.1 Å². The molecule has 6 nitrogen and oxygen atoms in total. The molecule has 0 spiro atoms. The summed E-state index contributed by atoms with van der Waals surface area (Å²) < 4.78 is 10.7. The van der Waals surface area contributed by atoms with Gasteiger partial charge in [0.15, 0.2) is 6.61 Å². The van der Waals surface area contributed by atoms with Gasteiger partial charge in [-0.25, -0.2) is 9.78 Å². The molecule has 0 saturated heterocycles. The lowest BCUT2D eigenvalue weighted by Crippen LogP contribution is -2.16. The molecule has 0 N–H and O–H groups in total. The van der Waals surface area contributed by atoms with Crippen molar-refractivity contribution in [1.29, 1.82) is 0 Å². The van der Waals surface area contributed by atoms with Gasteiger partial charge in [0.1, 0.15) is 0 Å². The number of aryl methyl sites for hydroxylation is 2. The van der Waals surface area contributed by atoms with E-state index in [9.17, 15) is 9.59 Å². The van der Waals surface area contributed by atoms with Gasteiger partial charge in [-0.3, -0.25) is 4.79 Å². The fourth-order valence-corrected chi connectivity index (χ4v) is 4.28. The van der Waals surface area contributed by atoms with Crippen LogP contribution in [0.4, 0.5) is 0 Å². The Kier molecular flexibility index (Phi) is 5.45. The molecule has 0 unspecified atom stereocenters. The lowest BCUT2D eigenvalue weighted by Gasteiger charge is -2.14. The molecule has 3 heterocycles. The maximum atomic E-state index is 13.0. The van der Waals surface area contributed by atoms with E-state index in [-0.39, 0.29) is 23.7 Å². The maximum absolute atomic E-state index is 13.0. The number of benzene rings is 1. The highest BCUT2D eigenvalue weighted by molar-refractivity contribution is 7.13. The van der Waals surface area contributed by atoms with Gasteiger partial charge in [0.2, 0.25) is 5.78 Å². The Balaban J connectivity index is 1.64. The fraction of sp³-hybridized carbons (Fsp3) is 0.250. The van der Waals surface area contributed by atoms with Crippen molar-refractivity contribution in [2.24, 2.45) is 0 Å². The Labute approximate surface area is 183 Å². The molecule has 4 aromatic rings. The Morgan fingerprint density at radius 3 is 2.52 bits per heavy atom. The first-order valence-electron chi connectivity index (χ1n) is 9.86. The van der Waals surface area contributed by atoms with E-state index in [4.69, 9.17) is 9.26 Å². The van der Waals surface area contributed by atoms with Crippen molar-refractivity contribution in [1.82, 2.24) is 10.1 Å². The van der Waals surface area contributed by atoms with E-state index in [0.29, 0.717) is 22.3 Å². The Bertz CT molecular complexity index is 1320. The number of hydrogen-bond acceptors (Lipinski definition) is 7. The van der Waals surface area contributed by atoms with E-state index >= 15 is 0 Å². The van der Waals surface area contributed by atoms with Crippen LogP contribution in [0.5, 0.6) is 0 Å². The van der Waals surface area contributed by atoms with Gasteiger partial charge >= 0.3 is 5.97 Å². The highest BCUT2D eigenvalue weighted by atomic mass is 32.1. The molecule has 158 valence electrons. The number of nitrogens with zero attached hydrogens (tertiary/aromatic N) is 2. The number of esters is 1. The molecule has 0 bridgehead atoms. The largest absolute Gasteiger partial charge is 0.454 e. The van der Waals surface area contributed by atoms with Crippen molar-refractivity contribution < 1.29 is 18.8 Å².